The number of nitrogens with two attached hydrogens (primary N) is 2. The molecule has 0 unspecified atom stereocenters. The van der Waals surface area contributed by atoms with E-state index in [0.717, 1.165) is 22.2 Å². The average molecular weight is 281 g/mol. The van der Waals surface area contributed by atoms with E-state index in [0.29, 0.717) is 11.3 Å². The number of hydrogen-bond donors (Lipinski definition) is 2. The number of rotatable bonds is 2. The Morgan fingerprint density at radius 3 is 2.62 bits per heavy atom. The largest absolute Gasteiger partial charge is 0.367 e. The van der Waals surface area contributed by atoms with E-state index in [-0.39, 0.29) is 5.95 Å². The van der Waals surface area contributed by atoms with E-state index in [1.807, 2.05) is 38.1 Å². The summed E-state index contributed by atoms with van der Waals surface area (Å²) in [6.07, 6.45) is 1.59. The number of aryl methyl sites for hydroxylation is 2. The first-order valence-corrected chi connectivity index (χ1v) is 6.50. The summed E-state index contributed by atoms with van der Waals surface area (Å²) in [5, 5.41) is 4.13. The summed E-state index contributed by atoms with van der Waals surface area (Å²) in [4.78, 5) is 15.9. The van der Waals surface area contributed by atoms with Gasteiger partial charge in [0.25, 0.3) is 5.91 Å². The van der Waals surface area contributed by atoms with Gasteiger partial charge >= 0.3 is 0 Å². The SMILES string of the molecule is Cc1ccccc1-c1nc(N)nn2cc(C(N)=O)c(C)c12. The van der Waals surface area contributed by atoms with Crippen molar-refractivity contribution in [3.05, 3.63) is 47.2 Å². The summed E-state index contributed by atoms with van der Waals surface area (Å²) in [7, 11) is 0. The van der Waals surface area contributed by atoms with Crippen LogP contribution in [-0.2, 0) is 0 Å². The van der Waals surface area contributed by atoms with E-state index < -0.39 is 5.91 Å². The van der Waals surface area contributed by atoms with Gasteiger partial charge in [0.2, 0.25) is 5.95 Å². The number of amides is 1. The molecule has 4 N–H and O–H groups in total. The second-order valence-electron chi connectivity index (χ2n) is 4.96. The molecule has 0 bridgehead atoms. The number of carbonyl (C=O) groups is 1. The standard InChI is InChI=1S/C15H15N5O/c1-8-5-3-4-6-10(8)12-13-9(2)11(14(16)21)7-20(13)19-15(17)18-12/h3-7H,1-2H3,(H2,16,21)(H2,17,19). The van der Waals surface area contributed by atoms with Crippen LogP contribution in [0.1, 0.15) is 21.5 Å². The molecule has 3 aromatic rings. The van der Waals surface area contributed by atoms with E-state index >= 15 is 0 Å². The third-order valence-electron chi connectivity index (χ3n) is 3.57. The highest BCUT2D eigenvalue weighted by Crippen LogP contribution is 2.29. The molecule has 106 valence electrons. The highest BCUT2D eigenvalue weighted by atomic mass is 16.1. The van der Waals surface area contributed by atoms with Crippen molar-refractivity contribution in [3.8, 4) is 11.3 Å². The van der Waals surface area contributed by atoms with Crippen LogP contribution >= 0.6 is 0 Å². The quantitative estimate of drug-likeness (QED) is 0.746. The zero-order chi connectivity index (χ0) is 15.1. The summed E-state index contributed by atoms with van der Waals surface area (Å²) < 4.78 is 1.57. The van der Waals surface area contributed by atoms with Crippen molar-refractivity contribution in [2.24, 2.45) is 5.73 Å². The van der Waals surface area contributed by atoms with Gasteiger partial charge < -0.3 is 11.5 Å². The molecule has 0 aliphatic carbocycles. The van der Waals surface area contributed by atoms with Crippen LogP contribution in [0.2, 0.25) is 0 Å². The van der Waals surface area contributed by atoms with Crippen molar-refractivity contribution < 1.29 is 4.79 Å². The average Bonchev–Trinajstić information content (AvgIpc) is 2.76. The maximum atomic E-state index is 11.5. The Kier molecular flexibility index (Phi) is 2.86. The van der Waals surface area contributed by atoms with Crippen LogP contribution in [0.5, 0.6) is 0 Å². The summed E-state index contributed by atoms with van der Waals surface area (Å²) in [6, 6.07) is 7.86. The second kappa shape index (κ2) is 4.59. The number of nitrogen functional groups attached to an aromatic ring is 1. The zero-order valence-corrected chi connectivity index (χ0v) is 11.8. The molecule has 0 aliphatic heterocycles. The summed E-state index contributed by atoms with van der Waals surface area (Å²) in [6.45, 7) is 3.83. The molecular weight excluding hydrogens is 266 g/mol. The number of carbonyl (C=O) groups excluding carboxylic acids is 1. The minimum atomic E-state index is -0.493. The lowest BCUT2D eigenvalue weighted by atomic mass is 10.0. The first-order valence-electron chi connectivity index (χ1n) is 6.50. The minimum Gasteiger partial charge on any atom is -0.367 e. The smallest absolute Gasteiger partial charge is 0.250 e. The first-order chi connectivity index (χ1) is 9.99. The molecule has 6 heteroatoms. The molecule has 1 aromatic carbocycles. The van der Waals surface area contributed by atoms with Crippen LogP contribution in [-0.4, -0.2) is 20.5 Å². The molecule has 0 saturated carbocycles. The normalized spacial score (nSPS) is 11.0. The maximum Gasteiger partial charge on any atom is 0.250 e. The summed E-state index contributed by atoms with van der Waals surface area (Å²) in [5.41, 5.74) is 15.8. The predicted octanol–water partition coefficient (Wildman–Crippen LogP) is 1.69. The van der Waals surface area contributed by atoms with Crippen molar-refractivity contribution in [2.75, 3.05) is 5.73 Å². The lowest BCUT2D eigenvalue weighted by Crippen LogP contribution is -2.10. The van der Waals surface area contributed by atoms with Crippen LogP contribution < -0.4 is 11.5 Å². The van der Waals surface area contributed by atoms with Crippen LogP contribution in [0, 0.1) is 13.8 Å². The molecule has 0 spiro atoms. The highest BCUT2D eigenvalue weighted by Gasteiger charge is 2.18. The van der Waals surface area contributed by atoms with Crippen LogP contribution in [0.4, 0.5) is 5.95 Å². The first kappa shape index (κ1) is 13.1. The Balaban J connectivity index is 2.42. The van der Waals surface area contributed by atoms with E-state index in [9.17, 15) is 4.79 Å². The Bertz CT molecular complexity index is 866. The molecule has 21 heavy (non-hydrogen) atoms. The molecule has 0 atom stereocenters. The summed E-state index contributed by atoms with van der Waals surface area (Å²) in [5.74, 6) is -0.348. The highest BCUT2D eigenvalue weighted by molar-refractivity contribution is 5.98. The predicted molar refractivity (Wildman–Crippen MR) is 80.8 cm³/mol. The molecule has 0 aliphatic rings. The Labute approximate surface area is 121 Å². The van der Waals surface area contributed by atoms with Gasteiger partial charge in [-0.3, -0.25) is 4.79 Å². The lowest BCUT2D eigenvalue weighted by molar-refractivity contribution is 0.1000. The third-order valence-corrected chi connectivity index (χ3v) is 3.57. The van der Waals surface area contributed by atoms with Crippen molar-refractivity contribution >= 4 is 17.4 Å². The van der Waals surface area contributed by atoms with Crippen molar-refractivity contribution in [3.63, 3.8) is 0 Å². The van der Waals surface area contributed by atoms with Crippen LogP contribution in [0.15, 0.2) is 30.5 Å². The molecule has 0 saturated heterocycles. The topological polar surface area (TPSA) is 99.3 Å². The molecule has 0 radical (unpaired) electrons. The molecule has 6 nitrogen and oxygen atoms in total. The Morgan fingerprint density at radius 2 is 1.95 bits per heavy atom. The van der Waals surface area contributed by atoms with Gasteiger partial charge in [0.05, 0.1) is 11.1 Å². The van der Waals surface area contributed by atoms with Gasteiger partial charge in [-0.2, -0.15) is 0 Å². The fourth-order valence-electron chi connectivity index (χ4n) is 2.52. The van der Waals surface area contributed by atoms with Gasteiger partial charge in [-0.15, -0.1) is 5.10 Å². The minimum absolute atomic E-state index is 0.145. The molecule has 2 heterocycles. The lowest BCUT2D eigenvalue weighted by Gasteiger charge is -2.08. The van der Waals surface area contributed by atoms with Gasteiger partial charge in [0.1, 0.15) is 5.69 Å². The zero-order valence-electron chi connectivity index (χ0n) is 11.8. The van der Waals surface area contributed by atoms with Gasteiger partial charge in [0, 0.05) is 11.8 Å². The number of anilines is 1. The van der Waals surface area contributed by atoms with Gasteiger partial charge in [-0.1, -0.05) is 24.3 Å². The van der Waals surface area contributed by atoms with Crippen molar-refractivity contribution in [1.29, 1.82) is 0 Å². The number of hydrogen-bond acceptors (Lipinski definition) is 4. The van der Waals surface area contributed by atoms with E-state index in [2.05, 4.69) is 10.1 Å². The van der Waals surface area contributed by atoms with Gasteiger partial charge in [0.15, 0.2) is 0 Å². The molecule has 2 aromatic heterocycles. The number of fused-ring (bicyclic) bond motifs is 1. The Hall–Kier alpha value is -2.89. The number of aromatic nitrogens is 3. The maximum absolute atomic E-state index is 11.5. The van der Waals surface area contributed by atoms with E-state index in [1.165, 1.54) is 0 Å². The third kappa shape index (κ3) is 2.01. The van der Waals surface area contributed by atoms with Gasteiger partial charge in [-0.25, -0.2) is 9.50 Å². The Morgan fingerprint density at radius 1 is 1.24 bits per heavy atom. The number of benzene rings is 1. The van der Waals surface area contributed by atoms with E-state index in [1.54, 1.807) is 10.7 Å². The summed E-state index contributed by atoms with van der Waals surface area (Å²) >= 11 is 0. The number of nitrogens with zero attached hydrogens (tertiary/aromatic N) is 3. The van der Waals surface area contributed by atoms with Gasteiger partial charge in [-0.05, 0) is 25.0 Å². The van der Waals surface area contributed by atoms with Crippen molar-refractivity contribution in [2.45, 2.75) is 13.8 Å². The number of primary amides is 1. The fraction of sp³-hybridized carbons (Fsp3) is 0.133. The molecular formula is C15H15N5O. The van der Waals surface area contributed by atoms with Crippen LogP contribution in [0.25, 0.3) is 16.8 Å². The van der Waals surface area contributed by atoms with Crippen molar-refractivity contribution in [1.82, 2.24) is 14.6 Å². The monoisotopic (exact) mass is 281 g/mol. The second-order valence-corrected chi connectivity index (χ2v) is 4.96. The molecule has 3 rings (SSSR count). The molecule has 1 amide bonds. The fourth-order valence-corrected chi connectivity index (χ4v) is 2.52. The van der Waals surface area contributed by atoms with Crippen LogP contribution in [0.3, 0.4) is 0 Å². The molecule has 0 fully saturated rings. The van der Waals surface area contributed by atoms with E-state index in [4.69, 9.17) is 11.5 Å².